The number of alkyl halides is 3. The summed E-state index contributed by atoms with van der Waals surface area (Å²) in [7, 11) is 0. The molecule has 32 heavy (non-hydrogen) atoms. The summed E-state index contributed by atoms with van der Waals surface area (Å²) in [6, 6.07) is 5.47. The summed E-state index contributed by atoms with van der Waals surface area (Å²) >= 11 is 0. The first kappa shape index (κ1) is 20.2. The number of hydrogen-bond acceptors (Lipinski definition) is 6. The third-order valence-electron chi connectivity index (χ3n) is 5.51. The van der Waals surface area contributed by atoms with Crippen LogP contribution >= 0.6 is 0 Å². The van der Waals surface area contributed by atoms with Crippen molar-refractivity contribution in [3.05, 3.63) is 54.2 Å². The zero-order chi connectivity index (χ0) is 22.5. The molecular weight excluding hydrogens is 423 g/mol. The van der Waals surface area contributed by atoms with E-state index in [0.29, 0.717) is 23.9 Å². The lowest BCUT2D eigenvalue weighted by atomic mass is 10.1. The number of nitrogens with one attached hydrogen (secondary N) is 1. The normalized spacial score (nSPS) is 17.3. The Labute approximate surface area is 181 Å². The van der Waals surface area contributed by atoms with Crippen molar-refractivity contribution in [2.75, 3.05) is 28.2 Å². The Hall–Kier alpha value is -3.76. The Kier molecular flexibility index (Phi) is 4.68. The fraction of sp³-hybridized carbons (Fsp3) is 0.286. The van der Waals surface area contributed by atoms with Crippen molar-refractivity contribution in [1.29, 1.82) is 0 Å². The molecule has 2 aliphatic heterocycles. The van der Waals surface area contributed by atoms with Crippen LogP contribution in [0.5, 0.6) is 0 Å². The molecule has 2 aliphatic rings. The molecule has 2 bridgehead atoms. The zero-order valence-electron chi connectivity index (χ0n) is 17.0. The predicted octanol–water partition coefficient (Wildman–Crippen LogP) is 3.89. The third kappa shape index (κ3) is 3.59. The van der Waals surface area contributed by atoms with E-state index in [9.17, 15) is 18.0 Å². The minimum atomic E-state index is -4.57. The zero-order valence-corrected chi connectivity index (χ0v) is 17.0. The molecule has 0 aliphatic carbocycles. The Bertz CT molecular complexity index is 1190. The monoisotopic (exact) mass is 441 g/mol. The Balaban J connectivity index is 1.56. The first-order chi connectivity index (χ1) is 15.3. The molecule has 5 rings (SSSR count). The highest BCUT2D eigenvalue weighted by Crippen LogP contribution is 2.41. The van der Waals surface area contributed by atoms with Crippen LogP contribution in [0.4, 0.5) is 35.3 Å². The van der Waals surface area contributed by atoms with Crippen molar-refractivity contribution < 1.29 is 18.0 Å². The molecule has 5 heterocycles. The second-order valence-electron chi connectivity index (χ2n) is 7.70. The number of rotatable bonds is 2. The van der Waals surface area contributed by atoms with E-state index in [1.54, 1.807) is 23.1 Å². The molecule has 1 fully saturated rings. The van der Waals surface area contributed by atoms with Gasteiger partial charge in [0.2, 0.25) is 0 Å². The first-order valence-electron chi connectivity index (χ1n) is 9.98. The van der Waals surface area contributed by atoms with Gasteiger partial charge < -0.3 is 4.90 Å². The van der Waals surface area contributed by atoms with Crippen LogP contribution in [0, 0.1) is 6.92 Å². The van der Waals surface area contributed by atoms with E-state index >= 15 is 0 Å². The highest BCUT2D eigenvalue weighted by Gasteiger charge is 2.40. The lowest BCUT2D eigenvalue weighted by molar-refractivity contribution is -0.141. The number of fused-ring (bicyclic) bond motifs is 4. The van der Waals surface area contributed by atoms with Crippen LogP contribution in [0.3, 0.4) is 0 Å². The van der Waals surface area contributed by atoms with Gasteiger partial charge in [-0.25, -0.2) is 19.7 Å². The number of amides is 2. The second kappa shape index (κ2) is 7.43. The number of anilines is 3. The maximum absolute atomic E-state index is 13.3. The molecule has 0 spiro atoms. The standard InChI is InChI=1S/C21H18F3N7O/c1-12-8-13(9-17(27-12)21(22,23)24)15-2-3-16-19(28-15)31(14-4-7-30(16)11-14)20(32)29-18-10-25-5-6-26-18/h2-3,5-6,8-10,14H,4,7,11H2,1H3,(H,26,29,32)/t14-/m0/s1. The topological polar surface area (TPSA) is 87.1 Å². The predicted molar refractivity (Wildman–Crippen MR) is 111 cm³/mol. The van der Waals surface area contributed by atoms with Crippen molar-refractivity contribution >= 4 is 23.4 Å². The molecule has 0 aromatic carbocycles. The number of carbonyl (C=O) groups is 1. The van der Waals surface area contributed by atoms with Gasteiger partial charge in [-0.2, -0.15) is 13.2 Å². The highest BCUT2D eigenvalue weighted by molar-refractivity contribution is 6.04. The summed E-state index contributed by atoms with van der Waals surface area (Å²) in [5.41, 5.74) is 0.636. The van der Waals surface area contributed by atoms with Crippen molar-refractivity contribution in [1.82, 2.24) is 19.9 Å². The number of urea groups is 1. The van der Waals surface area contributed by atoms with E-state index in [0.717, 1.165) is 24.7 Å². The van der Waals surface area contributed by atoms with E-state index in [1.165, 1.54) is 25.5 Å². The highest BCUT2D eigenvalue weighted by atomic mass is 19.4. The van der Waals surface area contributed by atoms with Gasteiger partial charge in [0.1, 0.15) is 5.69 Å². The van der Waals surface area contributed by atoms with Crippen LogP contribution in [-0.2, 0) is 6.18 Å². The second-order valence-corrected chi connectivity index (χ2v) is 7.70. The first-order valence-corrected chi connectivity index (χ1v) is 9.98. The maximum Gasteiger partial charge on any atom is 0.433 e. The summed E-state index contributed by atoms with van der Waals surface area (Å²) in [6.07, 6.45) is 0.596. The molecule has 3 aromatic rings. The lowest BCUT2D eigenvalue weighted by Crippen LogP contribution is -2.48. The Morgan fingerprint density at radius 1 is 1.19 bits per heavy atom. The van der Waals surface area contributed by atoms with Gasteiger partial charge in [-0.05, 0) is 37.6 Å². The molecule has 0 radical (unpaired) electrons. The number of hydrogen-bond donors (Lipinski definition) is 1. The van der Waals surface area contributed by atoms with Gasteiger partial charge in [-0.1, -0.05) is 0 Å². The van der Waals surface area contributed by atoms with Crippen LogP contribution in [0.25, 0.3) is 11.3 Å². The van der Waals surface area contributed by atoms with Gasteiger partial charge >= 0.3 is 12.2 Å². The molecule has 164 valence electrons. The molecule has 8 nitrogen and oxygen atoms in total. The number of aryl methyl sites for hydroxylation is 1. The van der Waals surface area contributed by atoms with E-state index < -0.39 is 17.9 Å². The molecule has 1 atom stereocenters. The van der Waals surface area contributed by atoms with Crippen LogP contribution in [0.15, 0.2) is 42.9 Å². The fourth-order valence-electron chi connectivity index (χ4n) is 4.13. The summed E-state index contributed by atoms with van der Waals surface area (Å²) in [5, 5.41) is 2.73. The maximum atomic E-state index is 13.3. The summed E-state index contributed by atoms with van der Waals surface area (Å²) in [6.45, 7) is 2.93. The molecule has 1 N–H and O–H groups in total. The molecule has 0 saturated carbocycles. The summed E-state index contributed by atoms with van der Waals surface area (Å²) in [4.78, 5) is 33.1. The minimum absolute atomic E-state index is 0.105. The van der Waals surface area contributed by atoms with E-state index in [-0.39, 0.29) is 17.3 Å². The summed E-state index contributed by atoms with van der Waals surface area (Å²) in [5.74, 6) is 0.705. The van der Waals surface area contributed by atoms with Gasteiger partial charge in [0.15, 0.2) is 11.6 Å². The smallest absolute Gasteiger partial charge is 0.366 e. The SMILES string of the molecule is Cc1cc(-c2ccc3c(n2)N(C(=O)Nc2cnccn2)[C@H]2CCN3C2)cc(C(F)(F)F)n1. The van der Waals surface area contributed by atoms with Crippen molar-refractivity contribution in [3.8, 4) is 11.3 Å². The molecule has 0 unspecified atom stereocenters. The number of pyridine rings is 2. The van der Waals surface area contributed by atoms with E-state index in [4.69, 9.17) is 0 Å². The number of halogens is 3. The minimum Gasteiger partial charge on any atom is -0.366 e. The summed E-state index contributed by atoms with van der Waals surface area (Å²) < 4.78 is 39.8. The lowest BCUT2D eigenvalue weighted by Gasteiger charge is -2.35. The largest absolute Gasteiger partial charge is 0.433 e. The van der Waals surface area contributed by atoms with Crippen molar-refractivity contribution in [2.24, 2.45) is 0 Å². The molecule has 2 amide bonds. The van der Waals surface area contributed by atoms with E-state index in [2.05, 4.69) is 30.2 Å². The molecule has 11 heteroatoms. The van der Waals surface area contributed by atoms with Crippen molar-refractivity contribution in [2.45, 2.75) is 25.6 Å². The molecule has 3 aromatic heterocycles. The average molecular weight is 441 g/mol. The Morgan fingerprint density at radius 2 is 2.03 bits per heavy atom. The van der Waals surface area contributed by atoms with Gasteiger partial charge in [0, 0.05) is 36.7 Å². The van der Waals surface area contributed by atoms with Gasteiger partial charge in [-0.15, -0.1) is 0 Å². The number of carbonyl (C=O) groups excluding carboxylic acids is 1. The van der Waals surface area contributed by atoms with Gasteiger partial charge in [0.25, 0.3) is 0 Å². The fourth-order valence-corrected chi connectivity index (χ4v) is 4.13. The Morgan fingerprint density at radius 3 is 2.78 bits per heavy atom. The van der Waals surface area contributed by atoms with Crippen LogP contribution in [0.1, 0.15) is 17.8 Å². The molecular formula is C21H18F3N7O. The van der Waals surface area contributed by atoms with Gasteiger partial charge in [0.05, 0.1) is 23.6 Å². The van der Waals surface area contributed by atoms with Crippen LogP contribution in [0.2, 0.25) is 0 Å². The van der Waals surface area contributed by atoms with Crippen LogP contribution < -0.4 is 15.1 Å². The number of nitrogens with zero attached hydrogens (tertiary/aromatic N) is 6. The van der Waals surface area contributed by atoms with Gasteiger partial charge in [-0.3, -0.25) is 15.2 Å². The molecule has 1 saturated heterocycles. The van der Waals surface area contributed by atoms with Crippen LogP contribution in [-0.4, -0.2) is 45.1 Å². The quantitative estimate of drug-likeness (QED) is 0.649. The van der Waals surface area contributed by atoms with Crippen molar-refractivity contribution in [3.63, 3.8) is 0 Å². The third-order valence-corrected chi connectivity index (χ3v) is 5.51. The van der Waals surface area contributed by atoms with E-state index in [1.807, 2.05) is 0 Å². The average Bonchev–Trinajstić information content (AvgIpc) is 3.17. The number of aromatic nitrogens is 4.